The lowest BCUT2D eigenvalue weighted by Crippen LogP contribution is -2.18. The molecule has 2 atom stereocenters. The standard InChI is InChI=1S/C23H29ClN2O5.C2H6/c1-4-18(12-11-16(2)24)15-26-23(29)31-21(25-26)10-6-8-19-7-5-9-20(14-13-19)30-17(3)22(27)28;1-2/h4-5,9,11-14,16-17H,6-8,10,15H2,1-3H3,(H,27,28);1-2H3/b12-11-,18-4+;. The lowest BCUT2D eigenvalue weighted by molar-refractivity contribution is -0.146. The summed E-state index contributed by atoms with van der Waals surface area (Å²) in [6.45, 7) is 9.59. The fourth-order valence-electron chi connectivity index (χ4n) is 2.85. The van der Waals surface area contributed by atoms with Crippen LogP contribution in [0.4, 0.5) is 0 Å². The molecule has 1 N–H and O–H groups in total. The molecule has 1 aromatic rings. The molecule has 1 aliphatic rings. The summed E-state index contributed by atoms with van der Waals surface area (Å²) in [6, 6.07) is 0. The lowest BCUT2D eigenvalue weighted by atomic mass is 10.1. The van der Waals surface area contributed by atoms with E-state index < -0.39 is 17.8 Å². The Labute approximate surface area is 200 Å². The number of carbonyl (C=O) groups is 1. The molecule has 0 saturated heterocycles. The molecule has 2 unspecified atom stereocenters. The zero-order valence-corrected chi connectivity index (χ0v) is 20.8. The number of nitrogens with zero attached hydrogens (tertiary/aromatic N) is 2. The van der Waals surface area contributed by atoms with Gasteiger partial charge >= 0.3 is 11.7 Å². The Morgan fingerprint density at radius 3 is 2.70 bits per heavy atom. The molecule has 2 rings (SSSR count). The molecule has 1 aliphatic carbocycles. The van der Waals surface area contributed by atoms with Gasteiger partial charge in [-0.25, -0.2) is 9.59 Å². The predicted octanol–water partition coefficient (Wildman–Crippen LogP) is 5.57. The third-order valence-electron chi connectivity index (χ3n) is 4.62. The molecule has 33 heavy (non-hydrogen) atoms. The average Bonchev–Trinajstić information content (AvgIpc) is 2.98. The minimum atomic E-state index is -1.00. The van der Waals surface area contributed by atoms with Crippen molar-refractivity contribution >= 4 is 17.6 Å². The van der Waals surface area contributed by atoms with Crippen LogP contribution in [0.3, 0.4) is 0 Å². The van der Waals surface area contributed by atoms with Gasteiger partial charge in [-0.2, -0.15) is 4.68 Å². The van der Waals surface area contributed by atoms with E-state index in [2.05, 4.69) is 5.10 Å². The first kappa shape index (κ1) is 28.2. The number of hydrogen-bond donors (Lipinski definition) is 1. The second kappa shape index (κ2) is 15.1. The Balaban J connectivity index is 0.00000265. The van der Waals surface area contributed by atoms with E-state index in [1.165, 1.54) is 17.2 Å². The Hall–Kier alpha value is -2.80. The van der Waals surface area contributed by atoms with Crippen LogP contribution in [0.25, 0.3) is 0 Å². The normalized spacial score (nSPS) is 15.8. The summed E-state index contributed by atoms with van der Waals surface area (Å²) >= 11 is 5.93. The van der Waals surface area contributed by atoms with Crippen molar-refractivity contribution in [1.29, 1.82) is 0 Å². The molecule has 1 aromatic heterocycles. The minimum absolute atomic E-state index is 0.0919. The van der Waals surface area contributed by atoms with Crippen LogP contribution in [0.2, 0.25) is 0 Å². The second-order valence-electron chi connectivity index (χ2n) is 7.27. The highest BCUT2D eigenvalue weighted by Crippen LogP contribution is 2.18. The van der Waals surface area contributed by atoms with Crippen LogP contribution in [0.15, 0.2) is 68.6 Å². The number of aromatic nitrogens is 2. The number of carboxylic acids is 1. The number of rotatable bonds is 11. The van der Waals surface area contributed by atoms with Crippen molar-refractivity contribution in [3.8, 4) is 0 Å². The van der Waals surface area contributed by atoms with E-state index in [0.717, 1.165) is 24.8 Å². The first-order valence-corrected chi connectivity index (χ1v) is 11.7. The molecule has 0 spiro atoms. The van der Waals surface area contributed by atoms with Crippen LogP contribution in [0.5, 0.6) is 0 Å². The molecule has 182 valence electrons. The van der Waals surface area contributed by atoms with Crippen LogP contribution in [0.1, 0.15) is 59.8 Å². The zero-order chi connectivity index (χ0) is 24.8. The summed E-state index contributed by atoms with van der Waals surface area (Å²) < 4.78 is 12.0. The molecule has 0 aliphatic heterocycles. The fraction of sp³-hybridized carbons (Fsp3) is 0.480. The smallest absolute Gasteiger partial charge is 0.437 e. The summed E-state index contributed by atoms with van der Waals surface area (Å²) in [6.07, 6.45) is 15.1. The highest BCUT2D eigenvalue weighted by atomic mass is 35.5. The van der Waals surface area contributed by atoms with Crippen LogP contribution < -0.4 is 5.76 Å². The number of aliphatic carboxylic acids is 1. The molecule has 0 aromatic carbocycles. The Kier molecular flexibility index (Phi) is 12.9. The summed E-state index contributed by atoms with van der Waals surface area (Å²) in [5.74, 6) is -0.549. The molecule has 0 fully saturated rings. The maximum Gasteiger partial charge on any atom is 0.437 e. The van der Waals surface area contributed by atoms with E-state index in [1.807, 2.05) is 58.1 Å². The van der Waals surface area contributed by atoms with Gasteiger partial charge in [0, 0.05) is 11.8 Å². The summed E-state index contributed by atoms with van der Waals surface area (Å²) in [7, 11) is 0. The molecular weight excluding hydrogens is 444 g/mol. The summed E-state index contributed by atoms with van der Waals surface area (Å²) in [4.78, 5) is 23.0. The van der Waals surface area contributed by atoms with Gasteiger partial charge in [0.15, 0.2) is 6.10 Å². The second-order valence-corrected chi connectivity index (χ2v) is 7.96. The van der Waals surface area contributed by atoms with Crippen molar-refractivity contribution in [2.24, 2.45) is 0 Å². The van der Waals surface area contributed by atoms with Gasteiger partial charge in [0.25, 0.3) is 0 Å². The number of alkyl halides is 1. The minimum Gasteiger partial charge on any atom is -0.479 e. The van der Waals surface area contributed by atoms with E-state index in [0.29, 0.717) is 24.6 Å². The first-order chi connectivity index (χ1) is 15.8. The number of carboxylic acid groups (broad SMARTS) is 1. The predicted molar refractivity (Wildman–Crippen MR) is 131 cm³/mol. The maximum absolute atomic E-state index is 12.1. The van der Waals surface area contributed by atoms with Gasteiger partial charge in [0.2, 0.25) is 5.89 Å². The van der Waals surface area contributed by atoms with Gasteiger partial charge in [-0.3, -0.25) is 0 Å². The highest BCUT2D eigenvalue weighted by molar-refractivity contribution is 6.21. The highest BCUT2D eigenvalue weighted by Gasteiger charge is 2.13. The summed E-state index contributed by atoms with van der Waals surface area (Å²) in [5.41, 5.74) is 2.10. The van der Waals surface area contributed by atoms with Crippen LogP contribution in [-0.4, -0.2) is 32.3 Å². The van der Waals surface area contributed by atoms with E-state index >= 15 is 0 Å². The van der Waals surface area contributed by atoms with E-state index in [4.69, 9.17) is 25.9 Å². The third kappa shape index (κ3) is 10.6. The molecule has 0 radical (unpaired) electrons. The Bertz CT molecular complexity index is 964. The van der Waals surface area contributed by atoms with E-state index in [9.17, 15) is 9.59 Å². The van der Waals surface area contributed by atoms with Crippen molar-refractivity contribution in [1.82, 2.24) is 9.78 Å². The van der Waals surface area contributed by atoms with Crippen LogP contribution >= 0.6 is 11.6 Å². The number of hydrogen-bond acceptors (Lipinski definition) is 5. The number of allylic oxidation sites excluding steroid dienone is 9. The van der Waals surface area contributed by atoms with Gasteiger partial charge in [0.1, 0.15) is 5.76 Å². The molecule has 0 saturated carbocycles. The largest absolute Gasteiger partial charge is 0.479 e. The Morgan fingerprint density at radius 2 is 2.06 bits per heavy atom. The zero-order valence-electron chi connectivity index (χ0n) is 20.1. The van der Waals surface area contributed by atoms with Gasteiger partial charge < -0.3 is 14.3 Å². The molecule has 7 nitrogen and oxygen atoms in total. The maximum atomic E-state index is 12.1. The molecule has 0 amide bonds. The van der Waals surface area contributed by atoms with Crippen molar-refractivity contribution in [2.75, 3.05) is 0 Å². The molecular formula is C25H35ClN2O5. The van der Waals surface area contributed by atoms with Crippen LogP contribution in [0, 0.1) is 0 Å². The lowest BCUT2D eigenvalue weighted by Gasteiger charge is -2.09. The molecule has 0 bridgehead atoms. The first-order valence-electron chi connectivity index (χ1n) is 11.3. The van der Waals surface area contributed by atoms with Crippen molar-refractivity contribution in [3.05, 3.63) is 75.9 Å². The summed E-state index contributed by atoms with van der Waals surface area (Å²) in [5, 5.41) is 13.2. The SMILES string of the molecule is C/C=C(\C=C/C(C)Cl)Cn1nc(CCCC2=CC=C(OC(C)C(=O)O)C=CC2)oc1=O.CC. The Morgan fingerprint density at radius 1 is 1.33 bits per heavy atom. The van der Waals surface area contributed by atoms with Gasteiger partial charge in [-0.1, -0.05) is 49.8 Å². The number of halogens is 1. The number of ether oxygens (including phenoxy) is 1. The molecule has 8 heteroatoms. The fourth-order valence-corrected chi connectivity index (χ4v) is 2.93. The number of aryl methyl sites for hydroxylation is 1. The van der Waals surface area contributed by atoms with Crippen molar-refractivity contribution < 1.29 is 19.1 Å². The average molecular weight is 479 g/mol. The topological polar surface area (TPSA) is 94.6 Å². The van der Waals surface area contributed by atoms with Crippen molar-refractivity contribution in [3.63, 3.8) is 0 Å². The van der Waals surface area contributed by atoms with Gasteiger partial charge in [0.05, 0.1) is 6.54 Å². The molecule has 1 heterocycles. The van der Waals surface area contributed by atoms with Gasteiger partial charge in [-0.15, -0.1) is 16.7 Å². The monoisotopic (exact) mass is 478 g/mol. The van der Waals surface area contributed by atoms with Gasteiger partial charge in [-0.05, 0) is 57.8 Å². The van der Waals surface area contributed by atoms with Crippen molar-refractivity contribution in [2.45, 2.75) is 78.3 Å². The van der Waals surface area contributed by atoms with E-state index in [-0.39, 0.29) is 5.38 Å². The third-order valence-corrected chi connectivity index (χ3v) is 4.77. The van der Waals surface area contributed by atoms with E-state index in [1.54, 1.807) is 12.2 Å². The van der Waals surface area contributed by atoms with Crippen LogP contribution in [-0.2, 0) is 22.5 Å². The quantitative estimate of drug-likeness (QED) is 0.329.